The Kier molecular flexibility index (Phi) is 3.44. The number of rotatable bonds is 5. The topological polar surface area (TPSA) is 73.8 Å². The van der Waals surface area contributed by atoms with Gasteiger partial charge in [0, 0.05) is 5.69 Å². The van der Waals surface area contributed by atoms with E-state index in [0.29, 0.717) is 23.6 Å². The van der Waals surface area contributed by atoms with Crippen molar-refractivity contribution in [3.63, 3.8) is 0 Å². The third-order valence-electron chi connectivity index (χ3n) is 3.68. The molecule has 0 amide bonds. The molecule has 0 bridgehead atoms. The number of nitrogens with zero attached hydrogens (tertiary/aromatic N) is 2. The first-order chi connectivity index (χ1) is 9.63. The Balaban J connectivity index is 1.68. The first-order valence-corrected chi connectivity index (χ1v) is 7.11. The number of hydrogen-bond acceptors (Lipinski definition) is 4. The monoisotopic (exact) mass is 272 g/mol. The van der Waals surface area contributed by atoms with Gasteiger partial charge in [-0.2, -0.15) is 4.98 Å². The lowest BCUT2D eigenvalue weighted by atomic mass is 10.0. The van der Waals surface area contributed by atoms with E-state index in [9.17, 15) is 5.11 Å². The van der Waals surface area contributed by atoms with Crippen molar-refractivity contribution in [2.75, 3.05) is 5.32 Å². The van der Waals surface area contributed by atoms with Gasteiger partial charge < -0.3 is 10.4 Å². The number of aromatic amines is 1. The van der Waals surface area contributed by atoms with E-state index in [2.05, 4.69) is 46.5 Å². The molecule has 1 heterocycles. The summed E-state index contributed by atoms with van der Waals surface area (Å²) in [5.41, 5.74) is 2.25. The number of nitrogens with one attached hydrogen (secondary N) is 2. The molecule has 1 fully saturated rings. The molecule has 1 atom stereocenters. The summed E-state index contributed by atoms with van der Waals surface area (Å²) >= 11 is 0. The summed E-state index contributed by atoms with van der Waals surface area (Å²) in [5, 5.41) is 20.0. The van der Waals surface area contributed by atoms with Gasteiger partial charge in [0.2, 0.25) is 5.95 Å². The molecule has 3 rings (SSSR count). The molecular formula is C15H20N4O. The minimum atomic E-state index is -0.513. The van der Waals surface area contributed by atoms with E-state index >= 15 is 0 Å². The molecule has 5 nitrogen and oxygen atoms in total. The van der Waals surface area contributed by atoms with Crippen molar-refractivity contribution in [1.82, 2.24) is 15.2 Å². The Hall–Kier alpha value is -1.88. The first kappa shape index (κ1) is 13.1. The van der Waals surface area contributed by atoms with E-state index in [1.807, 2.05) is 12.1 Å². The highest BCUT2D eigenvalue weighted by atomic mass is 16.3. The summed E-state index contributed by atoms with van der Waals surface area (Å²) < 4.78 is 0. The minimum Gasteiger partial charge on any atom is -0.385 e. The van der Waals surface area contributed by atoms with Gasteiger partial charge in [-0.05, 0) is 42.4 Å². The molecule has 1 aliphatic carbocycles. The summed E-state index contributed by atoms with van der Waals surface area (Å²) in [6, 6.07) is 8.23. The Bertz CT molecular complexity index is 572. The van der Waals surface area contributed by atoms with E-state index in [0.717, 1.165) is 18.5 Å². The lowest BCUT2D eigenvalue weighted by Gasteiger charge is -2.07. The van der Waals surface area contributed by atoms with Gasteiger partial charge in [0.05, 0.1) is 0 Å². The van der Waals surface area contributed by atoms with Gasteiger partial charge in [-0.1, -0.05) is 26.0 Å². The molecule has 3 N–H and O–H groups in total. The largest absolute Gasteiger partial charge is 0.385 e. The molecule has 0 aliphatic heterocycles. The SMILES string of the molecule is CC(C)c1ccc(Nc2n[nH]c(C(O)C3CC3)n2)cc1. The molecule has 20 heavy (non-hydrogen) atoms. The number of anilines is 2. The summed E-state index contributed by atoms with van der Waals surface area (Å²) in [6.07, 6.45) is 1.63. The number of hydrogen-bond donors (Lipinski definition) is 3. The lowest BCUT2D eigenvalue weighted by molar-refractivity contribution is 0.144. The smallest absolute Gasteiger partial charge is 0.246 e. The van der Waals surface area contributed by atoms with Gasteiger partial charge in [-0.15, -0.1) is 5.10 Å². The summed E-state index contributed by atoms with van der Waals surface area (Å²) in [5.74, 6) is 1.92. The van der Waals surface area contributed by atoms with Crippen molar-refractivity contribution in [3.8, 4) is 0 Å². The number of aliphatic hydroxyl groups excluding tert-OH is 1. The van der Waals surface area contributed by atoms with E-state index in [4.69, 9.17) is 0 Å². The van der Waals surface area contributed by atoms with Crippen molar-refractivity contribution in [3.05, 3.63) is 35.7 Å². The average Bonchev–Trinajstić information content (AvgIpc) is 3.19. The van der Waals surface area contributed by atoms with Crippen LogP contribution in [0.5, 0.6) is 0 Å². The second-order valence-corrected chi connectivity index (χ2v) is 5.73. The highest BCUT2D eigenvalue weighted by Gasteiger charge is 2.32. The summed E-state index contributed by atoms with van der Waals surface area (Å²) in [4.78, 5) is 4.30. The van der Waals surface area contributed by atoms with E-state index in [1.54, 1.807) is 0 Å². The van der Waals surface area contributed by atoms with Crippen LogP contribution >= 0.6 is 0 Å². The highest BCUT2D eigenvalue weighted by molar-refractivity contribution is 5.53. The molecule has 1 aliphatic rings. The van der Waals surface area contributed by atoms with Crippen LogP contribution in [-0.4, -0.2) is 20.3 Å². The van der Waals surface area contributed by atoms with Crippen LogP contribution in [-0.2, 0) is 0 Å². The lowest BCUT2D eigenvalue weighted by Crippen LogP contribution is -2.02. The number of aliphatic hydroxyl groups is 1. The van der Waals surface area contributed by atoms with Gasteiger partial charge in [0.15, 0.2) is 5.82 Å². The Morgan fingerprint density at radius 3 is 2.55 bits per heavy atom. The molecule has 1 saturated carbocycles. The third kappa shape index (κ3) is 2.82. The van der Waals surface area contributed by atoms with Gasteiger partial charge in [-0.3, -0.25) is 5.10 Å². The molecule has 5 heteroatoms. The van der Waals surface area contributed by atoms with Gasteiger partial charge in [0.25, 0.3) is 0 Å². The van der Waals surface area contributed by atoms with Gasteiger partial charge in [0.1, 0.15) is 6.10 Å². The fourth-order valence-corrected chi connectivity index (χ4v) is 2.18. The van der Waals surface area contributed by atoms with Crippen LogP contribution < -0.4 is 5.32 Å². The molecular weight excluding hydrogens is 252 g/mol. The maximum atomic E-state index is 9.98. The van der Waals surface area contributed by atoms with Crippen LogP contribution in [0.4, 0.5) is 11.6 Å². The van der Waals surface area contributed by atoms with E-state index in [-0.39, 0.29) is 0 Å². The number of aromatic nitrogens is 3. The summed E-state index contributed by atoms with van der Waals surface area (Å²) in [6.45, 7) is 4.34. The average molecular weight is 272 g/mol. The Labute approximate surface area is 118 Å². The zero-order valence-electron chi connectivity index (χ0n) is 11.8. The first-order valence-electron chi connectivity index (χ1n) is 7.11. The maximum absolute atomic E-state index is 9.98. The van der Waals surface area contributed by atoms with Crippen molar-refractivity contribution in [1.29, 1.82) is 0 Å². The molecule has 0 saturated heterocycles. The third-order valence-corrected chi connectivity index (χ3v) is 3.68. The van der Waals surface area contributed by atoms with Crippen molar-refractivity contribution >= 4 is 11.6 Å². The van der Waals surface area contributed by atoms with Gasteiger partial charge >= 0.3 is 0 Å². The number of benzene rings is 1. The molecule has 0 radical (unpaired) electrons. The molecule has 0 spiro atoms. The normalized spacial score (nSPS) is 16.4. The highest BCUT2D eigenvalue weighted by Crippen LogP contribution is 2.39. The van der Waals surface area contributed by atoms with Crippen molar-refractivity contribution in [2.24, 2.45) is 5.92 Å². The second-order valence-electron chi connectivity index (χ2n) is 5.73. The zero-order chi connectivity index (χ0) is 14.1. The van der Waals surface area contributed by atoms with E-state index < -0.39 is 6.10 Å². The standard InChI is InChI=1S/C15H20N4O/c1-9(2)10-5-7-12(8-6-10)16-15-17-14(18-19-15)13(20)11-3-4-11/h5-9,11,13,20H,3-4H2,1-2H3,(H2,16,17,18,19). The second kappa shape index (κ2) is 5.25. The van der Waals surface area contributed by atoms with Crippen LogP contribution in [0.3, 0.4) is 0 Å². The quantitative estimate of drug-likeness (QED) is 0.782. The minimum absolute atomic E-state index is 0.348. The van der Waals surface area contributed by atoms with Crippen LogP contribution in [0.2, 0.25) is 0 Å². The molecule has 1 aromatic heterocycles. The van der Waals surface area contributed by atoms with Crippen molar-refractivity contribution < 1.29 is 5.11 Å². The molecule has 106 valence electrons. The van der Waals surface area contributed by atoms with Crippen LogP contribution in [0.15, 0.2) is 24.3 Å². The molecule has 2 aromatic rings. The van der Waals surface area contributed by atoms with Crippen LogP contribution in [0, 0.1) is 5.92 Å². The fraction of sp³-hybridized carbons (Fsp3) is 0.467. The van der Waals surface area contributed by atoms with Crippen molar-refractivity contribution in [2.45, 2.75) is 38.7 Å². The van der Waals surface area contributed by atoms with Gasteiger partial charge in [-0.25, -0.2) is 0 Å². The van der Waals surface area contributed by atoms with Crippen LogP contribution in [0.1, 0.15) is 50.1 Å². The Morgan fingerprint density at radius 1 is 1.25 bits per heavy atom. The molecule has 1 aromatic carbocycles. The molecule has 1 unspecified atom stereocenters. The Morgan fingerprint density at radius 2 is 1.95 bits per heavy atom. The number of H-pyrrole nitrogens is 1. The summed E-state index contributed by atoms with van der Waals surface area (Å²) in [7, 11) is 0. The maximum Gasteiger partial charge on any atom is 0.246 e. The zero-order valence-corrected chi connectivity index (χ0v) is 11.8. The predicted molar refractivity (Wildman–Crippen MR) is 77.9 cm³/mol. The predicted octanol–water partition coefficient (Wildman–Crippen LogP) is 3.12. The van der Waals surface area contributed by atoms with Crippen LogP contribution in [0.25, 0.3) is 0 Å². The fourth-order valence-electron chi connectivity index (χ4n) is 2.18. The van der Waals surface area contributed by atoms with E-state index in [1.165, 1.54) is 5.56 Å².